The van der Waals surface area contributed by atoms with E-state index in [1.54, 1.807) is 6.92 Å². The smallest absolute Gasteiger partial charge is 0.0636 e. The topological polar surface area (TPSA) is 32.3 Å². The molecule has 1 unspecified atom stereocenters. The van der Waals surface area contributed by atoms with E-state index in [9.17, 15) is 0 Å². The van der Waals surface area contributed by atoms with Gasteiger partial charge < -0.3 is 10.4 Å². The zero-order chi connectivity index (χ0) is 10.6. The van der Waals surface area contributed by atoms with Gasteiger partial charge in [0.05, 0.1) is 6.10 Å². The summed E-state index contributed by atoms with van der Waals surface area (Å²) in [6.07, 6.45) is -0.333. The second-order valence-electron chi connectivity index (χ2n) is 3.50. The summed E-state index contributed by atoms with van der Waals surface area (Å²) >= 11 is 6.03. The Balaban J connectivity index is 2.60. The van der Waals surface area contributed by atoms with Crippen LogP contribution in [0.1, 0.15) is 25.5 Å². The van der Waals surface area contributed by atoms with E-state index in [1.807, 2.05) is 31.2 Å². The van der Waals surface area contributed by atoms with Gasteiger partial charge in [0.25, 0.3) is 0 Å². The number of halogens is 1. The van der Waals surface area contributed by atoms with Crippen molar-refractivity contribution in [2.75, 3.05) is 6.54 Å². The third-order valence-corrected chi connectivity index (χ3v) is 2.44. The van der Waals surface area contributed by atoms with Crippen LogP contribution in [0.15, 0.2) is 24.3 Å². The normalized spacial score (nSPS) is 15.1. The molecule has 0 fully saturated rings. The van der Waals surface area contributed by atoms with E-state index in [0.29, 0.717) is 6.54 Å². The number of hydrogen-bond acceptors (Lipinski definition) is 2. The van der Waals surface area contributed by atoms with Gasteiger partial charge in [0.1, 0.15) is 0 Å². The van der Waals surface area contributed by atoms with Crippen LogP contribution in [-0.4, -0.2) is 17.8 Å². The first-order valence-corrected chi connectivity index (χ1v) is 5.15. The summed E-state index contributed by atoms with van der Waals surface area (Å²) in [4.78, 5) is 0. The van der Waals surface area contributed by atoms with E-state index in [4.69, 9.17) is 16.7 Å². The first kappa shape index (κ1) is 11.5. The maximum atomic E-state index is 9.12. The lowest BCUT2D eigenvalue weighted by Crippen LogP contribution is -2.27. The van der Waals surface area contributed by atoms with E-state index in [0.717, 1.165) is 10.6 Å². The van der Waals surface area contributed by atoms with Gasteiger partial charge in [-0.2, -0.15) is 0 Å². The number of aliphatic hydroxyl groups is 1. The molecule has 0 aliphatic heterocycles. The lowest BCUT2D eigenvalue weighted by Gasteiger charge is -2.16. The molecule has 2 atom stereocenters. The Labute approximate surface area is 89.9 Å². The van der Waals surface area contributed by atoms with Gasteiger partial charge in [-0.15, -0.1) is 0 Å². The van der Waals surface area contributed by atoms with E-state index in [1.165, 1.54) is 0 Å². The third-order valence-electron chi connectivity index (χ3n) is 2.09. The van der Waals surface area contributed by atoms with Crippen LogP contribution < -0.4 is 5.32 Å². The second-order valence-corrected chi connectivity index (χ2v) is 3.91. The predicted molar refractivity (Wildman–Crippen MR) is 59.6 cm³/mol. The van der Waals surface area contributed by atoms with Crippen LogP contribution in [0.4, 0.5) is 0 Å². The molecule has 14 heavy (non-hydrogen) atoms. The monoisotopic (exact) mass is 213 g/mol. The molecular weight excluding hydrogens is 198 g/mol. The maximum Gasteiger partial charge on any atom is 0.0636 e. The van der Waals surface area contributed by atoms with Gasteiger partial charge in [0.2, 0.25) is 0 Å². The van der Waals surface area contributed by atoms with E-state index >= 15 is 0 Å². The molecule has 0 saturated carbocycles. The van der Waals surface area contributed by atoms with Gasteiger partial charge >= 0.3 is 0 Å². The van der Waals surface area contributed by atoms with Crippen molar-refractivity contribution in [1.29, 1.82) is 0 Å². The summed E-state index contributed by atoms with van der Waals surface area (Å²) in [6, 6.07) is 7.90. The first-order valence-electron chi connectivity index (χ1n) is 4.77. The van der Waals surface area contributed by atoms with E-state index in [-0.39, 0.29) is 12.1 Å². The Hall–Kier alpha value is -0.570. The minimum Gasteiger partial charge on any atom is -0.392 e. The molecule has 0 amide bonds. The zero-order valence-electron chi connectivity index (χ0n) is 8.50. The van der Waals surface area contributed by atoms with Crippen LogP contribution in [0.25, 0.3) is 0 Å². The molecule has 1 aromatic rings. The molecule has 0 bridgehead atoms. The highest BCUT2D eigenvalue weighted by Crippen LogP contribution is 2.21. The zero-order valence-corrected chi connectivity index (χ0v) is 9.25. The maximum absolute atomic E-state index is 9.12. The molecule has 0 spiro atoms. The number of nitrogens with one attached hydrogen (secondary N) is 1. The van der Waals surface area contributed by atoms with Crippen molar-refractivity contribution in [2.24, 2.45) is 0 Å². The molecule has 3 heteroatoms. The van der Waals surface area contributed by atoms with Gasteiger partial charge in [0.15, 0.2) is 0 Å². The lowest BCUT2D eigenvalue weighted by molar-refractivity contribution is 0.187. The van der Waals surface area contributed by atoms with Gasteiger partial charge in [-0.05, 0) is 25.5 Å². The summed E-state index contributed by atoms with van der Waals surface area (Å²) in [5.74, 6) is 0. The molecule has 0 radical (unpaired) electrons. The summed E-state index contributed by atoms with van der Waals surface area (Å²) in [5, 5.41) is 13.1. The van der Waals surface area contributed by atoms with Crippen LogP contribution >= 0.6 is 11.6 Å². The van der Waals surface area contributed by atoms with Crippen LogP contribution in [-0.2, 0) is 0 Å². The fourth-order valence-corrected chi connectivity index (χ4v) is 1.58. The van der Waals surface area contributed by atoms with Crippen LogP contribution in [0.5, 0.6) is 0 Å². The van der Waals surface area contributed by atoms with Gasteiger partial charge in [-0.25, -0.2) is 0 Å². The fraction of sp³-hybridized carbons (Fsp3) is 0.455. The molecule has 0 heterocycles. The van der Waals surface area contributed by atoms with Crippen molar-refractivity contribution >= 4 is 11.6 Å². The minimum atomic E-state index is -0.333. The van der Waals surface area contributed by atoms with Crippen LogP contribution in [0, 0.1) is 0 Å². The van der Waals surface area contributed by atoms with E-state index in [2.05, 4.69) is 5.32 Å². The molecular formula is C11H16ClNO. The van der Waals surface area contributed by atoms with Crippen LogP contribution in [0.3, 0.4) is 0 Å². The molecule has 78 valence electrons. The quantitative estimate of drug-likeness (QED) is 0.805. The van der Waals surface area contributed by atoms with Crippen molar-refractivity contribution in [1.82, 2.24) is 5.32 Å². The summed E-state index contributed by atoms with van der Waals surface area (Å²) in [5.41, 5.74) is 1.06. The molecule has 0 aromatic heterocycles. The summed E-state index contributed by atoms with van der Waals surface area (Å²) in [7, 11) is 0. The third kappa shape index (κ3) is 3.29. The first-order chi connectivity index (χ1) is 6.61. The summed E-state index contributed by atoms with van der Waals surface area (Å²) < 4.78 is 0. The van der Waals surface area contributed by atoms with Crippen molar-refractivity contribution < 1.29 is 5.11 Å². The van der Waals surface area contributed by atoms with Gasteiger partial charge in [-0.1, -0.05) is 29.8 Å². The molecule has 2 N–H and O–H groups in total. The average molecular weight is 214 g/mol. The Bertz CT molecular complexity index is 288. The Morgan fingerprint density at radius 3 is 2.57 bits per heavy atom. The number of aliphatic hydroxyl groups excluding tert-OH is 1. The molecule has 2 nitrogen and oxygen atoms in total. The second kappa shape index (κ2) is 5.35. The average Bonchev–Trinajstić information content (AvgIpc) is 2.15. The Morgan fingerprint density at radius 1 is 1.36 bits per heavy atom. The number of benzene rings is 1. The van der Waals surface area contributed by atoms with Crippen molar-refractivity contribution in [3.05, 3.63) is 34.9 Å². The lowest BCUT2D eigenvalue weighted by atomic mass is 10.1. The fourth-order valence-electron chi connectivity index (χ4n) is 1.28. The SMILES string of the molecule is CC(O)CN[C@@H](C)c1ccccc1Cl. The van der Waals surface area contributed by atoms with Crippen LogP contribution in [0.2, 0.25) is 5.02 Å². The van der Waals surface area contributed by atoms with Crippen molar-refractivity contribution in [2.45, 2.75) is 26.0 Å². The Kier molecular flexibility index (Phi) is 4.39. The predicted octanol–water partition coefficient (Wildman–Crippen LogP) is 2.37. The van der Waals surface area contributed by atoms with Gasteiger partial charge in [-0.3, -0.25) is 0 Å². The van der Waals surface area contributed by atoms with Crippen molar-refractivity contribution in [3.63, 3.8) is 0 Å². The number of rotatable bonds is 4. The summed E-state index contributed by atoms with van der Waals surface area (Å²) in [6.45, 7) is 4.36. The number of hydrogen-bond donors (Lipinski definition) is 2. The highest BCUT2D eigenvalue weighted by molar-refractivity contribution is 6.31. The molecule has 0 saturated heterocycles. The Morgan fingerprint density at radius 2 is 2.00 bits per heavy atom. The highest BCUT2D eigenvalue weighted by Gasteiger charge is 2.08. The van der Waals surface area contributed by atoms with E-state index < -0.39 is 0 Å². The highest BCUT2D eigenvalue weighted by atomic mass is 35.5. The molecule has 0 aliphatic rings. The largest absolute Gasteiger partial charge is 0.392 e. The van der Waals surface area contributed by atoms with Crippen molar-refractivity contribution in [3.8, 4) is 0 Å². The van der Waals surface area contributed by atoms with Gasteiger partial charge in [0, 0.05) is 17.6 Å². The molecule has 1 rings (SSSR count). The molecule has 0 aliphatic carbocycles. The minimum absolute atomic E-state index is 0.165. The standard InChI is InChI=1S/C11H16ClNO/c1-8(14)7-13-9(2)10-5-3-4-6-11(10)12/h3-6,8-9,13-14H,7H2,1-2H3/t8?,9-/m0/s1. The molecule has 1 aromatic carbocycles.